The molecule has 0 aliphatic carbocycles. The van der Waals surface area contributed by atoms with E-state index in [4.69, 9.17) is 4.74 Å². The van der Waals surface area contributed by atoms with Gasteiger partial charge in [0.05, 0.1) is 22.2 Å². The lowest BCUT2D eigenvalue weighted by Gasteiger charge is -2.30. The molecule has 1 amide bonds. The van der Waals surface area contributed by atoms with Gasteiger partial charge in [0.2, 0.25) is 0 Å². The monoisotopic (exact) mass is 478 g/mol. The highest BCUT2D eigenvalue weighted by Gasteiger charge is 2.29. The molecule has 0 saturated heterocycles. The largest absolute Gasteiger partial charge is 0.452 e. The van der Waals surface area contributed by atoms with E-state index in [9.17, 15) is 18.0 Å². The number of benzene rings is 3. The topological polar surface area (TPSA) is 92.8 Å². The number of aryl methyl sites for hydroxylation is 1. The van der Waals surface area contributed by atoms with Gasteiger partial charge < -0.3 is 10.1 Å². The van der Waals surface area contributed by atoms with Gasteiger partial charge in [0.15, 0.2) is 6.61 Å². The van der Waals surface area contributed by atoms with E-state index in [1.54, 1.807) is 6.07 Å². The molecule has 176 valence electrons. The Bertz CT molecular complexity index is 1290. The number of nitrogens with one attached hydrogen (secondary N) is 1. The number of carbonyl (C=O) groups is 2. The van der Waals surface area contributed by atoms with Crippen molar-refractivity contribution in [3.63, 3.8) is 0 Å². The van der Waals surface area contributed by atoms with Gasteiger partial charge in [-0.1, -0.05) is 54.6 Å². The molecular formula is C26H26N2O5S. The van der Waals surface area contributed by atoms with E-state index in [1.807, 2.05) is 55.5 Å². The zero-order valence-electron chi connectivity index (χ0n) is 18.8. The average molecular weight is 479 g/mol. The molecule has 1 N–H and O–H groups in total. The van der Waals surface area contributed by atoms with Crippen LogP contribution in [0.3, 0.4) is 0 Å². The summed E-state index contributed by atoms with van der Waals surface area (Å²) < 4.78 is 33.2. The maximum Gasteiger partial charge on any atom is 0.338 e. The van der Waals surface area contributed by atoms with E-state index in [-0.39, 0.29) is 16.5 Å². The summed E-state index contributed by atoms with van der Waals surface area (Å²) >= 11 is 0. The first-order chi connectivity index (χ1) is 16.4. The minimum Gasteiger partial charge on any atom is -0.452 e. The van der Waals surface area contributed by atoms with Crippen molar-refractivity contribution in [3.8, 4) is 0 Å². The summed E-state index contributed by atoms with van der Waals surface area (Å²) in [5.74, 6) is -1.21. The van der Waals surface area contributed by atoms with Crippen molar-refractivity contribution in [2.45, 2.75) is 30.7 Å². The van der Waals surface area contributed by atoms with Crippen LogP contribution in [0.2, 0.25) is 0 Å². The average Bonchev–Trinajstić information content (AvgIpc) is 2.87. The van der Waals surface area contributed by atoms with Crippen molar-refractivity contribution in [3.05, 3.63) is 95.6 Å². The number of esters is 1. The first-order valence-corrected chi connectivity index (χ1v) is 12.5. The predicted octanol–water partition coefficient (Wildman–Crippen LogP) is 3.86. The molecule has 7 nitrogen and oxygen atoms in total. The SMILES string of the molecule is C[C@@H](NC(=O)COC(=O)c1cccc(S(=O)(=O)N2CCCc3ccccc32)c1)c1ccccc1. The van der Waals surface area contributed by atoms with Gasteiger partial charge in [-0.05, 0) is 55.2 Å². The standard InChI is InChI=1S/C26H26N2O5S/c1-19(20-9-3-2-4-10-20)27-25(29)18-33-26(30)22-12-7-14-23(17-22)34(31,32)28-16-8-13-21-11-5-6-15-24(21)28/h2-7,9-12,14-15,17,19H,8,13,16,18H2,1H3,(H,27,29)/t19-/m1/s1. The fourth-order valence-corrected chi connectivity index (χ4v) is 5.57. The van der Waals surface area contributed by atoms with Crippen molar-refractivity contribution in [2.75, 3.05) is 17.5 Å². The predicted molar refractivity (Wildman–Crippen MR) is 129 cm³/mol. The molecule has 0 saturated carbocycles. The molecule has 34 heavy (non-hydrogen) atoms. The quantitative estimate of drug-likeness (QED) is 0.521. The number of hydrogen-bond donors (Lipinski definition) is 1. The maximum absolute atomic E-state index is 13.4. The van der Waals surface area contributed by atoms with E-state index < -0.39 is 28.5 Å². The number of carbonyl (C=O) groups excluding carboxylic acids is 2. The number of para-hydroxylation sites is 1. The number of hydrogen-bond acceptors (Lipinski definition) is 5. The van der Waals surface area contributed by atoms with Crippen LogP contribution in [0.15, 0.2) is 83.8 Å². The highest BCUT2D eigenvalue weighted by atomic mass is 32.2. The number of rotatable bonds is 7. The molecule has 4 rings (SSSR count). The number of fused-ring (bicyclic) bond motifs is 1. The molecule has 1 aliphatic heterocycles. The Morgan fingerprint density at radius 2 is 1.74 bits per heavy atom. The molecule has 0 bridgehead atoms. The van der Waals surface area contributed by atoms with Crippen molar-refractivity contribution in [2.24, 2.45) is 0 Å². The van der Waals surface area contributed by atoms with E-state index in [2.05, 4.69) is 5.32 Å². The minimum atomic E-state index is -3.86. The third kappa shape index (κ3) is 5.12. The molecule has 3 aromatic rings. The van der Waals surface area contributed by atoms with Crippen molar-refractivity contribution in [1.82, 2.24) is 5.32 Å². The molecule has 3 aromatic carbocycles. The van der Waals surface area contributed by atoms with Crippen LogP contribution in [-0.4, -0.2) is 33.4 Å². The van der Waals surface area contributed by atoms with Crippen molar-refractivity contribution < 1.29 is 22.7 Å². The van der Waals surface area contributed by atoms with Crippen LogP contribution in [0, 0.1) is 0 Å². The minimum absolute atomic E-state index is 0.000745. The summed E-state index contributed by atoms with van der Waals surface area (Å²) in [7, 11) is -3.86. The summed E-state index contributed by atoms with van der Waals surface area (Å²) in [6.45, 7) is 1.74. The summed E-state index contributed by atoms with van der Waals surface area (Å²) in [4.78, 5) is 24.8. The molecule has 0 unspecified atom stereocenters. The summed E-state index contributed by atoms with van der Waals surface area (Å²) in [6, 6.07) is 22.3. The van der Waals surface area contributed by atoms with Crippen LogP contribution in [0.4, 0.5) is 5.69 Å². The molecule has 1 heterocycles. The fourth-order valence-electron chi connectivity index (χ4n) is 3.98. The van der Waals surface area contributed by atoms with E-state index in [0.29, 0.717) is 18.7 Å². The van der Waals surface area contributed by atoms with Crippen LogP contribution in [0.5, 0.6) is 0 Å². The van der Waals surface area contributed by atoms with Crippen LogP contribution < -0.4 is 9.62 Å². The lowest BCUT2D eigenvalue weighted by atomic mass is 10.0. The van der Waals surface area contributed by atoms with Gasteiger partial charge in [0, 0.05) is 6.54 Å². The lowest BCUT2D eigenvalue weighted by Crippen LogP contribution is -2.35. The van der Waals surface area contributed by atoms with Crippen LogP contribution in [0.1, 0.15) is 40.9 Å². The van der Waals surface area contributed by atoms with Crippen LogP contribution >= 0.6 is 0 Å². The Balaban J connectivity index is 1.43. The smallest absolute Gasteiger partial charge is 0.338 e. The number of amides is 1. The molecule has 1 aliphatic rings. The van der Waals surface area contributed by atoms with Gasteiger partial charge in [0.25, 0.3) is 15.9 Å². The van der Waals surface area contributed by atoms with Gasteiger partial charge in [-0.3, -0.25) is 9.10 Å². The fraction of sp³-hybridized carbons (Fsp3) is 0.231. The van der Waals surface area contributed by atoms with Crippen molar-refractivity contribution in [1.29, 1.82) is 0 Å². The molecular weight excluding hydrogens is 452 g/mol. The van der Waals surface area contributed by atoms with Gasteiger partial charge in [-0.25, -0.2) is 13.2 Å². The second-order valence-electron chi connectivity index (χ2n) is 8.11. The van der Waals surface area contributed by atoms with E-state index in [1.165, 1.54) is 28.6 Å². The first kappa shape index (κ1) is 23.5. The number of anilines is 1. The van der Waals surface area contributed by atoms with Crippen LogP contribution in [0.25, 0.3) is 0 Å². The highest BCUT2D eigenvalue weighted by Crippen LogP contribution is 2.32. The van der Waals surface area contributed by atoms with Gasteiger partial charge in [0.1, 0.15) is 0 Å². The Morgan fingerprint density at radius 1 is 1.00 bits per heavy atom. The molecule has 0 spiro atoms. The molecule has 0 radical (unpaired) electrons. The second kappa shape index (κ2) is 10.1. The van der Waals surface area contributed by atoms with Gasteiger partial charge in [-0.2, -0.15) is 0 Å². The number of nitrogens with zero attached hydrogens (tertiary/aromatic N) is 1. The molecule has 0 aromatic heterocycles. The normalized spacial score (nSPS) is 14.1. The third-order valence-corrected chi connectivity index (χ3v) is 7.55. The first-order valence-electron chi connectivity index (χ1n) is 11.1. The third-order valence-electron chi connectivity index (χ3n) is 5.74. The summed E-state index contributed by atoms with van der Waals surface area (Å²) in [5, 5.41) is 2.77. The molecule has 0 fully saturated rings. The van der Waals surface area contributed by atoms with E-state index >= 15 is 0 Å². The zero-order chi connectivity index (χ0) is 24.1. The number of sulfonamides is 1. The van der Waals surface area contributed by atoms with Gasteiger partial charge >= 0.3 is 5.97 Å². The van der Waals surface area contributed by atoms with Crippen LogP contribution in [-0.2, 0) is 26.0 Å². The summed E-state index contributed by atoms with van der Waals surface area (Å²) in [6.07, 6.45) is 1.54. The Labute approximate surface area is 199 Å². The zero-order valence-corrected chi connectivity index (χ0v) is 19.6. The highest BCUT2D eigenvalue weighted by molar-refractivity contribution is 7.92. The Hall–Kier alpha value is -3.65. The maximum atomic E-state index is 13.4. The van der Waals surface area contributed by atoms with E-state index in [0.717, 1.165) is 17.5 Å². The molecule has 1 atom stereocenters. The van der Waals surface area contributed by atoms with Gasteiger partial charge in [-0.15, -0.1) is 0 Å². The Kier molecular flexibility index (Phi) is 6.98. The molecule has 8 heteroatoms. The number of ether oxygens (including phenoxy) is 1. The summed E-state index contributed by atoms with van der Waals surface area (Å²) in [5.41, 5.74) is 2.63. The Morgan fingerprint density at radius 3 is 2.53 bits per heavy atom. The second-order valence-corrected chi connectivity index (χ2v) is 9.98. The van der Waals surface area contributed by atoms with Crippen molar-refractivity contribution >= 4 is 27.6 Å². The lowest BCUT2D eigenvalue weighted by molar-refractivity contribution is -0.124.